The van der Waals surface area contributed by atoms with Crippen LogP contribution >= 0.6 is 11.6 Å². The number of halogens is 1. The van der Waals surface area contributed by atoms with Crippen molar-refractivity contribution in [1.29, 1.82) is 0 Å². The number of para-hydroxylation sites is 2. The van der Waals surface area contributed by atoms with Gasteiger partial charge in [0.2, 0.25) is 5.91 Å². The Bertz CT molecular complexity index is 2130. The van der Waals surface area contributed by atoms with Crippen LogP contribution in [0.2, 0.25) is 5.02 Å². The Balaban J connectivity index is 1.57. The number of benzene rings is 4. The van der Waals surface area contributed by atoms with Crippen molar-refractivity contribution in [2.45, 2.75) is 29.3 Å². The minimum Gasteiger partial charge on any atom is -0.497 e. The van der Waals surface area contributed by atoms with E-state index in [1.807, 2.05) is 0 Å². The average molecular weight is 749 g/mol. The van der Waals surface area contributed by atoms with Gasteiger partial charge in [0.05, 0.1) is 27.0 Å². The van der Waals surface area contributed by atoms with Crippen molar-refractivity contribution in [2.24, 2.45) is 11.8 Å². The quantitative estimate of drug-likeness (QED) is 0.138. The summed E-state index contributed by atoms with van der Waals surface area (Å²) >= 11 is 6.64. The van der Waals surface area contributed by atoms with Gasteiger partial charge >= 0.3 is 6.16 Å². The van der Waals surface area contributed by atoms with Crippen LogP contribution in [0.4, 0.5) is 10.5 Å². The summed E-state index contributed by atoms with van der Waals surface area (Å²) in [5.41, 5.74) is -1.32. The molecule has 1 saturated carbocycles. The van der Waals surface area contributed by atoms with Gasteiger partial charge in [0, 0.05) is 36.7 Å². The van der Waals surface area contributed by atoms with Gasteiger partial charge in [-0.05, 0) is 72.9 Å². The number of ether oxygens (including phenoxy) is 5. The standard InChI is InChI=1S/C38H37ClN2O10S/c1-40(2)35(42)27-20-26(51-37(44)50-24-11-7-6-8-12-24)21-29(27)38(28-13-9-10-14-32(28)48-4)30-19-23(39)15-17-31(30)41(36(38)43)52(45,46)34-18-16-25(47-3)22-33(34)49-5/h6-19,22,26-27,29H,20-21H2,1-5H3/t26-,27-,29?,38+/m1/s1. The predicted octanol–water partition coefficient (Wildman–Crippen LogP) is 6.09. The van der Waals surface area contributed by atoms with Crippen LogP contribution < -0.4 is 23.3 Å². The first kappa shape index (κ1) is 36.5. The van der Waals surface area contributed by atoms with Gasteiger partial charge in [0.15, 0.2) is 0 Å². The van der Waals surface area contributed by atoms with Crippen LogP contribution in [-0.2, 0) is 29.8 Å². The smallest absolute Gasteiger partial charge is 0.497 e. The lowest BCUT2D eigenvalue weighted by Crippen LogP contribution is -2.51. The van der Waals surface area contributed by atoms with Gasteiger partial charge in [0.1, 0.15) is 39.4 Å². The molecule has 0 aromatic heterocycles. The first-order valence-corrected chi connectivity index (χ1v) is 18.1. The average Bonchev–Trinajstić information content (AvgIpc) is 3.67. The molecule has 0 N–H and O–H groups in total. The third-order valence-corrected chi connectivity index (χ3v) is 11.6. The molecule has 6 rings (SSSR count). The molecule has 1 heterocycles. The van der Waals surface area contributed by atoms with E-state index in [0.29, 0.717) is 11.3 Å². The maximum absolute atomic E-state index is 15.6. The Labute approximate surface area is 306 Å². The molecule has 0 saturated heterocycles. The Morgan fingerprint density at radius 3 is 2.17 bits per heavy atom. The van der Waals surface area contributed by atoms with Gasteiger partial charge < -0.3 is 28.6 Å². The topological polar surface area (TPSA) is 138 Å². The highest BCUT2D eigenvalue weighted by Gasteiger charge is 2.65. The second-order valence-electron chi connectivity index (χ2n) is 12.6. The van der Waals surface area contributed by atoms with Crippen LogP contribution in [0.15, 0.2) is 95.9 Å². The monoisotopic (exact) mass is 748 g/mol. The lowest BCUT2D eigenvalue weighted by molar-refractivity contribution is -0.135. The number of anilines is 1. The normalized spacial score (nSPS) is 20.9. The van der Waals surface area contributed by atoms with Crippen molar-refractivity contribution in [3.05, 3.63) is 107 Å². The largest absolute Gasteiger partial charge is 0.514 e. The molecule has 12 nitrogen and oxygen atoms in total. The van der Waals surface area contributed by atoms with Crippen LogP contribution in [0.25, 0.3) is 0 Å². The molecule has 4 aromatic rings. The first-order valence-electron chi connectivity index (χ1n) is 16.3. The molecule has 1 unspecified atom stereocenters. The zero-order chi connectivity index (χ0) is 37.4. The number of carbonyl (C=O) groups excluding carboxylic acids is 3. The fourth-order valence-corrected chi connectivity index (χ4v) is 9.20. The molecule has 52 heavy (non-hydrogen) atoms. The molecule has 1 aliphatic carbocycles. The van der Waals surface area contributed by atoms with E-state index < -0.39 is 45.4 Å². The number of carbonyl (C=O) groups is 3. The second kappa shape index (κ2) is 14.4. The fourth-order valence-electron chi connectivity index (χ4n) is 7.42. The zero-order valence-corrected chi connectivity index (χ0v) is 30.6. The van der Waals surface area contributed by atoms with Crippen LogP contribution in [0.5, 0.6) is 23.0 Å². The Kier molecular flexibility index (Phi) is 10.1. The van der Waals surface area contributed by atoms with E-state index in [1.54, 1.807) is 68.7 Å². The molecule has 14 heteroatoms. The number of fused-ring (bicyclic) bond motifs is 1. The van der Waals surface area contributed by atoms with Gasteiger partial charge in [-0.1, -0.05) is 48.0 Å². The Hall–Kier alpha value is -5.27. The van der Waals surface area contributed by atoms with E-state index >= 15 is 4.79 Å². The summed E-state index contributed by atoms with van der Waals surface area (Å²) in [4.78, 5) is 43.9. The lowest BCUT2D eigenvalue weighted by atomic mass is 9.62. The molecule has 1 aliphatic heterocycles. The van der Waals surface area contributed by atoms with Crippen LogP contribution in [0, 0.1) is 11.8 Å². The van der Waals surface area contributed by atoms with Crippen LogP contribution in [0.3, 0.4) is 0 Å². The van der Waals surface area contributed by atoms with Gasteiger partial charge in [-0.25, -0.2) is 17.5 Å². The maximum atomic E-state index is 15.6. The minimum absolute atomic E-state index is 0.0186. The molecule has 4 atom stereocenters. The highest BCUT2D eigenvalue weighted by atomic mass is 35.5. The van der Waals surface area contributed by atoms with E-state index in [2.05, 4.69) is 0 Å². The molecular formula is C38H37ClN2O10S. The minimum atomic E-state index is -4.71. The summed E-state index contributed by atoms with van der Waals surface area (Å²) in [5.74, 6) is -2.32. The van der Waals surface area contributed by atoms with Gasteiger partial charge in [-0.2, -0.15) is 0 Å². The number of hydrogen-bond acceptors (Lipinski definition) is 10. The fraction of sp³-hybridized carbons (Fsp3) is 0.289. The van der Waals surface area contributed by atoms with Crippen molar-refractivity contribution < 1.29 is 46.5 Å². The van der Waals surface area contributed by atoms with Crippen molar-refractivity contribution in [2.75, 3.05) is 39.7 Å². The molecule has 0 radical (unpaired) electrons. The van der Waals surface area contributed by atoms with E-state index in [1.165, 1.54) is 62.6 Å². The summed E-state index contributed by atoms with van der Waals surface area (Å²) in [7, 11) is 2.63. The summed E-state index contributed by atoms with van der Waals surface area (Å²) < 4.78 is 58.2. The molecule has 2 aliphatic rings. The molecule has 0 bridgehead atoms. The molecule has 2 amide bonds. The Morgan fingerprint density at radius 2 is 1.50 bits per heavy atom. The molecule has 0 spiro atoms. The predicted molar refractivity (Wildman–Crippen MR) is 192 cm³/mol. The summed E-state index contributed by atoms with van der Waals surface area (Å²) in [6, 6.07) is 23.7. The lowest BCUT2D eigenvalue weighted by Gasteiger charge is -2.39. The van der Waals surface area contributed by atoms with E-state index in [-0.39, 0.29) is 57.2 Å². The second-order valence-corrected chi connectivity index (χ2v) is 14.8. The third kappa shape index (κ3) is 6.17. The zero-order valence-electron chi connectivity index (χ0n) is 29.1. The third-order valence-electron chi connectivity index (χ3n) is 9.59. The summed E-state index contributed by atoms with van der Waals surface area (Å²) in [6.45, 7) is 0. The van der Waals surface area contributed by atoms with E-state index in [9.17, 15) is 18.0 Å². The van der Waals surface area contributed by atoms with Gasteiger partial charge in [0.25, 0.3) is 15.9 Å². The molecular weight excluding hydrogens is 712 g/mol. The number of nitrogens with zero attached hydrogens (tertiary/aromatic N) is 2. The van der Waals surface area contributed by atoms with Crippen LogP contribution in [0.1, 0.15) is 24.0 Å². The maximum Gasteiger partial charge on any atom is 0.514 e. The number of amides is 2. The summed E-state index contributed by atoms with van der Waals surface area (Å²) in [5, 5.41) is 0.222. The van der Waals surface area contributed by atoms with Gasteiger partial charge in [-0.15, -0.1) is 0 Å². The molecule has 4 aromatic carbocycles. The van der Waals surface area contributed by atoms with Crippen molar-refractivity contribution in [3.8, 4) is 23.0 Å². The van der Waals surface area contributed by atoms with E-state index in [4.69, 9.17) is 35.3 Å². The number of methoxy groups -OCH3 is 3. The Morgan fingerprint density at radius 1 is 0.808 bits per heavy atom. The highest BCUT2D eigenvalue weighted by molar-refractivity contribution is 7.93. The van der Waals surface area contributed by atoms with E-state index in [0.717, 1.165) is 4.31 Å². The first-order chi connectivity index (χ1) is 24.9. The number of hydrogen-bond donors (Lipinski definition) is 0. The van der Waals surface area contributed by atoms with Crippen molar-refractivity contribution >= 4 is 45.3 Å². The summed E-state index contributed by atoms with van der Waals surface area (Å²) in [6.07, 6.45) is -1.89. The van der Waals surface area contributed by atoms with Crippen molar-refractivity contribution in [3.63, 3.8) is 0 Å². The SMILES string of the molecule is COc1ccc(S(=O)(=O)N2C(=O)[C@@](c3ccccc3OC)(C3C[C@H](OC(=O)Oc4ccccc4)C[C@H]3C(=O)N(C)C)c3cc(Cl)ccc32)c(OC)c1. The number of sulfonamides is 1. The molecule has 1 fully saturated rings. The van der Waals surface area contributed by atoms with Gasteiger partial charge in [-0.3, -0.25) is 9.59 Å². The molecule has 272 valence electrons. The van der Waals surface area contributed by atoms with Crippen molar-refractivity contribution in [1.82, 2.24) is 4.90 Å². The highest BCUT2D eigenvalue weighted by Crippen LogP contribution is 2.60. The van der Waals surface area contributed by atoms with Crippen LogP contribution in [-0.4, -0.2) is 72.8 Å². The number of rotatable bonds is 10.